The molecule has 168 valence electrons. The Morgan fingerprint density at radius 2 is 1.91 bits per heavy atom. The lowest BCUT2D eigenvalue weighted by atomic mass is 10.0. The van der Waals surface area contributed by atoms with Crippen LogP contribution in [0.25, 0.3) is 11.3 Å². The molecule has 1 saturated carbocycles. The molecule has 1 N–H and O–H groups in total. The highest BCUT2D eigenvalue weighted by atomic mass is 19.1. The zero-order chi connectivity index (χ0) is 22.7. The van der Waals surface area contributed by atoms with Crippen LogP contribution in [0.2, 0.25) is 0 Å². The molecule has 2 aromatic carbocycles. The van der Waals surface area contributed by atoms with Crippen LogP contribution in [0.3, 0.4) is 0 Å². The first-order valence-corrected chi connectivity index (χ1v) is 11.0. The molecule has 0 aliphatic heterocycles. The van der Waals surface area contributed by atoms with Gasteiger partial charge in [0.15, 0.2) is 11.6 Å². The van der Waals surface area contributed by atoms with E-state index in [-0.39, 0.29) is 5.75 Å². The topological polar surface area (TPSA) is 50.5 Å². The van der Waals surface area contributed by atoms with Gasteiger partial charge in [-0.05, 0) is 37.8 Å². The Hall–Kier alpha value is -2.96. The van der Waals surface area contributed by atoms with Gasteiger partial charge in [0.1, 0.15) is 5.69 Å². The number of aromatic nitrogens is 2. The average Bonchev–Trinajstić information content (AvgIpc) is 3.54. The van der Waals surface area contributed by atoms with Crippen LogP contribution in [0.4, 0.5) is 4.39 Å². The summed E-state index contributed by atoms with van der Waals surface area (Å²) in [6.07, 6.45) is 3.97. The Morgan fingerprint density at radius 1 is 1.22 bits per heavy atom. The monoisotopic (exact) mass is 435 g/mol. The van der Waals surface area contributed by atoms with Crippen molar-refractivity contribution in [3.8, 4) is 22.9 Å². The van der Waals surface area contributed by atoms with Crippen molar-refractivity contribution in [1.29, 1.82) is 0 Å². The Balaban J connectivity index is 1.74. The van der Waals surface area contributed by atoms with Gasteiger partial charge in [-0.1, -0.05) is 48.5 Å². The molecule has 0 amide bonds. The SMILES string of the molecule is C=C[C@@](C)(O)CN(Cc1c(-c2ccccc2)nn(C)c1Oc1ccccc1F)CC1CC1. The fourth-order valence-corrected chi connectivity index (χ4v) is 3.87. The van der Waals surface area contributed by atoms with Crippen molar-refractivity contribution in [2.45, 2.75) is 31.9 Å². The van der Waals surface area contributed by atoms with E-state index >= 15 is 0 Å². The molecule has 1 atom stereocenters. The first-order chi connectivity index (χ1) is 15.4. The van der Waals surface area contributed by atoms with Crippen molar-refractivity contribution in [2.24, 2.45) is 13.0 Å². The van der Waals surface area contributed by atoms with Crippen molar-refractivity contribution in [2.75, 3.05) is 13.1 Å². The van der Waals surface area contributed by atoms with Gasteiger partial charge in [-0.15, -0.1) is 6.58 Å². The van der Waals surface area contributed by atoms with Gasteiger partial charge in [0.05, 0.1) is 11.2 Å². The number of halogens is 1. The highest BCUT2D eigenvalue weighted by Gasteiger charge is 2.30. The molecule has 3 aromatic rings. The minimum absolute atomic E-state index is 0.156. The highest BCUT2D eigenvalue weighted by molar-refractivity contribution is 5.65. The predicted octanol–water partition coefficient (Wildman–Crippen LogP) is 5.17. The molecule has 1 aliphatic carbocycles. The Kier molecular flexibility index (Phi) is 6.44. The van der Waals surface area contributed by atoms with Crippen molar-refractivity contribution in [3.63, 3.8) is 0 Å². The second kappa shape index (κ2) is 9.27. The van der Waals surface area contributed by atoms with E-state index < -0.39 is 11.4 Å². The molecule has 0 unspecified atom stereocenters. The van der Waals surface area contributed by atoms with Crippen LogP contribution < -0.4 is 4.74 Å². The van der Waals surface area contributed by atoms with Gasteiger partial charge in [0.25, 0.3) is 0 Å². The molecule has 4 rings (SSSR count). The lowest BCUT2D eigenvalue weighted by Gasteiger charge is -2.30. The van der Waals surface area contributed by atoms with Crippen molar-refractivity contribution >= 4 is 0 Å². The Bertz CT molecular complexity index is 1070. The number of rotatable bonds is 10. The lowest BCUT2D eigenvalue weighted by Crippen LogP contribution is -2.40. The van der Waals surface area contributed by atoms with E-state index in [1.807, 2.05) is 30.3 Å². The maximum atomic E-state index is 14.4. The molecule has 1 aliphatic rings. The highest BCUT2D eigenvalue weighted by Crippen LogP contribution is 2.36. The summed E-state index contributed by atoms with van der Waals surface area (Å²) in [4.78, 5) is 2.22. The minimum atomic E-state index is -1.02. The smallest absolute Gasteiger partial charge is 0.222 e. The summed E-state index contributed by atoms with van der Waals surface area (Å²) in [5.74, 6) is 0.852. The van der Waals surface area contributed by atoms with Gasteiger partial charge in [-0.3, -0.25) is 4.90 Å². The largest absolute Gasteiger partial charge is 0.436 e. The summed E-state index contributed by atoms with van der Waals surface area (Å²) in [6.45, 7) is 7.37. The summed E-state index contributed by atoms with van der Waals surface area (Å²) in [7, 11) is 1.80. The van der Waals surface area contributed by atoms with Crippen molar-refractivity contribution in [3.05, 3.63) is 78.6 Å². The molecule has 6 heteroatoms. The van der Waals surface area contributed by atoms with E-state index in [1.54, 1.807) is 42.9 Å². The van der Waals surface area contributed by atoms with Crippen LogP contribution in [0.1, 0.15) is 25.3 Å². The van der Waals surface area contributed by atoms with Crippen LogP contribution >= 0.6 is 0 Å². The molecular weight excluding hydrogens is 405 g/mol. The summed E-state index contributed by atoms with van der Waals surface area (Å²) in [5.41, 5.74) is 1.60. The third kappa shape index (κ3) is 5.26. The van der Waals surface area contributed by atoms with E-state index in [9.17, 15) is 9.50 Å². The van der Waals surface area contributed by atoms with Crippen LogP contribution in [0.15, 0.2) is 67.3 Å². The molecule has 5 nitrogen and oxygen atoms in total. The zero-order valence-electron chi connectivity index (χ0n) is 18.7. The average molecular weight is 436 g/mol. The Morgan fingerprint density at radius 3 is 2.56 bits per heavy atom. The summed E-state index contributed by atoms with van der Waals surface area (Å²) < 4.78 is 22.1. The predicted molar refractivity (Wildman–Crippen MR) is 124 cm³/mol. The summed E-state index contributed by atoms with van der Waals surface area (Å²) in [6, 6.07) is 16.3. The van der Waals surface area contributed by atoms with Crippen LogP contribution in [-0.4, -0.2) is 38.5 Å². The van der Waals surface area contributed by atoms with E-state index in [0.29, 0.717) is 24.9 Å². The summed E-state index contributed by atoms with van der Waals surface area (Å²) >= 11 is 0. The number of benzene rings is 2. The van der Waals surface area contributed by atoms with Gasteiger partial charge in [0, 0.05) is 32.2 Å². The molecule has 0 saturated heterocycles. The third-order valence-electron chi connectivity index (χ3n) is 5.76. The number of hydrogen-bond donors (Lipinski definition) is 1. The second-order valence-electron chi connectivity index (χ2n) is 8.83. The Labute approximate surface area is 188 Å². The fraction of sp³-hybridized carbons (Fsp3) is 0.346. The second-order valence-corrected chi connectivity index (χ2v) is 8.83. The van der Waals surface area contributed by atoms with Gasteiger partial charge < -0.3 is 9.84 Å². The first-order valence-electron chi connectivity index (χ1n) is 11.0. The molecule has 0 radical (unpaired) electrons. The third-order valence-corrected chi connectivity index (χ3v) is 5.76. The van der Waals surface area contributed by atoms with E-state index in [4.69, 9.17) is 9.84 Å². The molecule has 1 aromatic heterocycles. The van der Waals surface area contributed by atoms with E-state index in [1.165, 1.54) is 18.9 Å². The fourth-order valence-electron chi connectivity index (χ4n) is 3.87. The van der Waals surface area contributed by atoms with Crippen LogP contribution in [-0.2, 0) is 13.6 Å². The first kappa shape index (κ1) is 22.2. The van der Waals surface area contributed by atoms with Crippen molar-refractivity contribution < 1.29 is 14.2 Å². The standard InChI is InChI=1S/C26H30FN3O2/c1-4-26(2,31)18-30(16-19-14-15-19)17-21-24(20-10-6-5-7-11-20)28-29(3)25(21)32-23-13-9-8-12-22(23)27/h4-13,19,31H,1,14-18H2,2-3H3/t26-/m1/s1. The van der Waals surface area contributed by atoms with E-state index in [0.717, 1.165) is 23.4 Å². The van der Waals surface area contributed by atoms with Crippen molar-refractivity contribution in [1.82, 2.24) is 14.7 Å². The van der Waals surface area contributed by atoms with Gasteiger partial charge in [0.2, 0.25) is 5.88 Å². The number of para-hydroxylation sites is 1. The number of nitrogens with zero attached hydrogens (tertiary/aromatic N) is 3. The van der Waals surface area contributed by atoms with Gasteiger partial charge in [-0.2, -0.15) is 5.10 Å². The summed E-state index contributed by atoms with van der Waals surface area (Å²) in [5, 5.41) is 15.4. The maximum Gasteiger partial charge on any atom is 0.222 e. The molecule has 0 spiro atoms. The quantitative estimate of drug-likeness (QED) is 0.447. The normalized spacial score (nSPS) is 15.5. The van der Waals surface area contributed by atoms with E-state index in [2.05, 4.69) is 11.5 Å². The molecule has 1 heterocycles. The number of aliphatic hydroxyl groups is 1. The molecular formula is C26H30FN3O2. The molecule has 0 bridgehead atoms. The zero-order valence-corrected chi connectivity index (χ0v) is 18.7. The van der Waals surface area contributed by atoms with Crippen LogP contribution in [0, 0.1) is 11.7 Å². The van der Waals surface area contributed by atoms with Gasteiger partial charge >= 0.3 is 0 Å². The number of ether oxygens (including phenoxy) is 1. The lowest BCUT2D eigenvalue weighted by molar-refractivity contribution is 0.0566. The minimum Gasteiger partial charge on any atom is -0.436 e. The number of aryl methyl sites for hydroxylation is 1. The maximum absolute atomic E-state index is 14.4. The molecule has 32 heavy (non-hydrogen) atoms. The number of hydrogen-bond acceptors (Lipinski definition) is 4. The molecule has 1 fully saturated rings. The van der Waals surface area contributed by atoms with Crippen LogP contribution in [0.5, 0.6) is 11.6 Å². The van der Waals surface area contributed by atoms with Gasteiger partial charge in [-0.25, -0.2) is 9.07 Å².